The predicted octanol–water partition coefficient (Wildman–Crippen LogP) is 1.01. The summed E-state index contributed by atoms with van der Waals surface area (Å²) >= 11 is 3.22. The fraction of sp³-hybridized carbons (Fsp3) is 0.364. The second kappa shape index (κ2) is 5.38. The lowest BCUT2D eigenvalue weighted by atomic mass is 10.1. The van der Waals surface area contributed by atoms with E-state index >= 15 is 0 Å². The van der Waals surface area contributed by atoms with Crippen molar-refractivity contribution in [3.8, 4) is 0 Å². The minimum Gasteiger partial charge on any atom is -0.355 e. The molecule has 5 nitrogen and oxygen atoms in total. The third kappa shape index (κ3) is 3.09. The molecule has 0 aromatic heterocycles. The van der Waals surface area contributed by atoms with Crippen LogP contribution >= 0.6 is 15.9 Å². The van der Waals surface area contributed by atoms with Crippen LogP contribution in [0, 0.1) is 0 Å². The molecule has 1 unspecified atom stereocenters. The van der Waals surface area contributed by atoms with E-state index in [1.165, 1.54) is 12.1 Å². The van der Waals surface area contributed by atoms with E-state index in [4.69, 9.17) is 0 Å². The Morgan fingerprint density at radius 2 is 2.17 bits per heavy atom. The minimum absolute atomic E-state index is 0.148. The third-order valence-electron chi connectivity index (χ3n) is 2.69. The van der Waals surface area contributed by atoms with Gasteiger partial charge >= 0.3 is 0 Å². The fourth-order valence-corrected chi connectivity index (χ4v) is 3.60. The van der Waals surface area contributed by atoms with Crippen LogP contribution in [0.2, 0.25) is 0 Å². The number of hydrogen-bond acceptors (Lipinski definition) is 3. The molecule has 18 heavy (non-hydrogen) atoms. The highest BCUT2D eigenvalue weighted by molar-refractivity contribution is 9.10. The Kier molecular flexibility index (Phi) is 4.04. The molecule has 0 radical (unpaired) electrons. The van der Waals surface area contributed by atoms with Gasteiger partial charge in [-0.3, -0.25) is 4.79 Å². The highest BCUT2D eigenvalue weighted by atomic mass is 79.9. The van der Waals surface area contributed by atoms with Gasteiger partial charge in [0.05, 0.1) is 4.90 Å². The molecule has 0 spiro atoms. The zero-order valence-corrected chi connectivity index (χ0v) is 11.9. The Morgan fingerprint density at radius 1 is 1.39 bits per heavy atom. The number of nitrogens with one attached hydrogen (secondary N) is 2. The predicted molar refractivity (Wildman–Crippen MR) is 70.5 cm³/mol. The number of piperidine rings is 1. The number of hydrogen-bond donors (Lipinski definition) is 2. The summed E-state index contributed by atoms with van der Waals surface area (Å²) in [6, 6.07) is 5.70. The summed E-state index contributed by atoms with van der Waals surface area (Å²) in [5.74, 6) is -0.264. The molecule has 1 heterocycles. The monoisotopic (exact) mass is 332 g/mol. The number of halogens is 1. The van der Waals surface area contributed by atoms with Crippen molar-refractivity contribution in [1.82, 2.24) is 10.0 Å². The van der Waals surface area contributed by atoms with Gasteiger partial charge in [0.25, 0.3) is 0 Å². The minimum atomic E-state index is -3.66. The summed E-state index contributed by atoms with van der Waals surface area (Å²) in [5.41, 5.74) is 0. The number of sulfonamides is 1. The van der Waals surface area contributed by atoms with Gasteiger partial charge in [0, 0.05) is 11.0 Å². The number of carbonyl (C=O) groups is 1. The molecule has 1 atom stereocenters. The zero-order chi connectivity index (χ0) is 13.2. The highest BCUT2D eigenvalue weighted by Crippen LogP contribution is 2.17. The molecule has 1 fully saturated rings. The molecule has 0 saturated carbocycles. The first-order valence-corrected chi connectivity index (χ1v) is 7.82. The summed E-state index contributed by atoms with van der Waals surface area (Å²) in [6.45, 7) is 0.605. The molecule has 2 N–H and O–H groups in total. The Morgan fingerprint density at radius 3 is 2.83 bits per heavy atom. The van der Waals surface area contributed by atoms with E-state index < -0.39 is 16.1 Å². The summed E-state index contributed by atoms with van der Waals surface area (Å²) in [6.07, 6.45) is 1.30. The van der Waals surface area contributed by atoms with E-state index in [-0.39, 0.29) is 10.8 Å². The van der Waals surface area contributed by atoms with Gasteiger partial charge in [0.15, 0.2) is 0 Å². The smallest absolute Gasteiger partial charge is 0.241 e. The first-order chi connectivity index (χ1) is 8.49. The Hall–Kier alpha value is -0.920. The summed E-state index contributed by atoms with van der Waals surface area (Å²) in [5, 5.41) is 2.64. The topological polar surface area (TPSA) is 75.3 Å². The van der Waals surface area contributed by atoms with Gasteiger partial charge in [-0.1, -0.05) is 22.0 Å². The fourth-order valence-electron chi connectivity index (χ4n) is 1.77. The van der Waals surface area contributed by atoms with Crippen LogP contribution in [-0.4, -0.2) is 26.9 Å². The van der Waals surface area contributed by atoms with Crippen LogP contribution in [0.5, 0.6) is 0 Å². The lowest BCUT2D eigenvalue weighted by molar-refractivity contribution is -0.124. The molecule has 1 aromatic carbocycles. The normalized spacial score (nSPS) is 20.5. The molecule has 0 aliphatic carbocycles. The van der Waals surface area contributed by atoms with Gasteiger partial charge in [-0.15, -0.1) is 0 Å². The van der Waals surface area contributed by atoms with Gasteiger partial charge in [-0.05, 0) is 31.0 Å². The molecule has 98 valence electrons. The van der Waals surface area contributed by atoms with Crippen LogP contribution < -0.4 is 10.0 Å². The van der Waals surface area contributed by atoms with E-state index in [1.54, 1.807) is 12.1 Å². The summed E-state index contributed by atoms with van der Waals surface area (Å²) in [4.78, 5) is 11.7. The number of amides is 1. The van der Waals surface area contributed by atoms with Gasteiger partial charge in [0.2, 0.25) is 15.9 Å². The van der Waals surface area contributed by atoms with Gasteiger partial charge in [-0.2, -0.15) is 4.72 Å². The van der Waals surface area contributed by atoms with Crippen LogP contribution in [0.25, 0.3) is 0 Å². The first kappa shape index (κ1) is 13.5. The molecule has 1 aliphatic heterocycles. The molecule has 7 heteroatoms. The standard InChI is InChI=1S/C11H13BrN2O3S/c12-8-3-1-4-9(7-8)18(16,17)14-10-5-2-6-13-11(10)15/h1,3-4,7,10,14H,2,5-6H2,(H,13,15). The van der Waals surface area contributed by atoms with Crippen molar-refractivity contribution in [3.63, 3.8) is 0 Å². The van der Waals surface area contributed by atoms with E-state index in [0.29, 0.717) is 17.4 Å². The maximum absolute atomic E-state index is 12.1. The van der Waals surface area contributed by atoms with Gasteiger partial charge in [0.1, 0.15) is 6.04 Å². The molecule has 1 saturated heterocycles. The lowest BCUT2D eigenvalue weighted by Crippen LogP contribution is -2.50. The van der Waals surface area contributed by atoms with Crippen LogP contribution in [0.4, 0.5) is 0 Å². The van der Waals surface area contributed by atoms with E-state index in [1.807, 2.05) is 0 Å². The van der Waals surface area contributed by atoms with E-state index in [9.17, 15) is 13.2 Å². The van der Waals surface area contributed by atoms with Crippen LogP contribution in [0.15, 0.2) is 33.6 Å². The first-order valence-electron chi connectivity index (χ1n) is 5.55. The van der Waals surface area contributed by atoms with Gasteiger partial charge in [-0.25, -0.2) is 8.42 Å². The van der Waals surface area contributed by atoms with Crippen LogP contribution in [-0.2, 0) is 14.8 Å². The SMILES string of the molecule is O=C1NCCCC1NS(=O)(=O)c1cccc(Br)c1. The number of carbonyl (C=O) groups excluding carboxylic acids is 1. The zero-order valence-electron chi connectivity index (χ0n) is 9.52. The Balaban J connectivity index is 2.19. The number of rotatable bonds is 3. The Bertz CT molecular complexity index is 559. The molecule has 1 aliphatic rings. The van der Waals surface area contributed by atoms with Crippen molar-refractivity contribution in [2.75, 3.05) is 6.54 Å². The van der Waals surface area contributed by atoms with E-state index in [0.717, 1.165) is 6.42 Å². The second-order valence-electron chi connectivity index (χ2n) is 4.06. The van der Waals surface area contributed by atoms with Crippen molar-refractivity contribution in [2.45, 2.75) is 23.8 Å². The molecule has 1 amide bonds. The molecule has 0 bridgehead atoms. The second-order valence-corrected chi connectivity index (χ2v) is 6.69. The van der Waals surface area contributed by atoms with E-state index in [2.05, 4.69) is 26.0 Å². The molecular weight excluding hydrogens is 320 g/mol. The molecule has 1 aromatic rings. The van der Waals surface area contributed by atoms with Crippen molar-refractivity contribution < 1.29 is 13.2 Å². The van der Waals surface area contributed by atoms with Crippen molar-refractivity contribution in [1.29, 1.82) is 0 Å². The maximum Gasteiger partial charge on any atom is 0.241 e. The quantitative estimate of drug-likeness (QED) is 0.867. The lowest BCUT2D eigenvalue weighted by Gasteiger charge is -2.22. The average Bonchev–Trinajstić information content (AvgIpc) is 2.32. The summed E-state index contributed by atoms with van der Waals surface area (Å²) in [7, 11) is -3.66. The van der Waals surface area contributed by atoms with Crippen molar-refractivity contribution in [2.24, 2.45) is 0 Å². The molecule has 2 rings (SSSR count). The van der Waals surface area contributed by atoms with Gasteiger partial charge < -0.3 is 5.32 Å². The highest BCUT2D eigenvalue weighted by Gasteiger charge is 2.27. The van der Waals surface area contributed by atoms with Crippen molar-refractivity contribution >= 4 is 31.9 Å². The average molecular weight is 333 g/mol. The molecular formula is C11H13BrN2O3S. The van der Waals surface area contributed by atoms with Crippen LogP contribution in [0.1, 0.15) is 12.8 Å². The Labute approximate surface area is 114 Å². The number of benzene rings is 1. The van der Waals surface area contributed by atoms with Crippen molar-refractivity contribution in [3.05, 3.63) is 28.7 Å². The summed E-state index contributed by atoms with van der Waals surface area (Å²) < 4.78 is 27.3. The largest absolute Gasteiger partial charge is 0.355 e. The van der Waals surface area contributed by atoms with Crippen LogP contribution in [0.3, 0.4) is 0 Å². The third-order valence-corrected chi connectivity index (χ3v) is 4.65. The maximum atomic E-state index is 12.1.